The van der Waals surface area contributed by atoms with Gasteiger partial charge in [-0.3, -0.25) is 4.79 Å². The van der Waals surface area contributed by atoms with Crippen molar-refractivity contribution in [2.24, 2.45) is 29.1 Å². The largest absolute Gasteiger partial charge is 0.471 e. The zero-order chi connectivity index (χ0) is 30.3. The fourth-order valence-electron chi connectivity index (χ4n) is 8.14. The standard InChI is InChI=1S/C34H46N4O5/c1-20-27(19-39)38-18-29(20)42-31-26(35-24-14-8-9-15-25(24)36-31)16-7-5-6-12-23-22-13-10-11-21(22)17-28(23)43-33(41)37-30(32(38)40)34(2,3)4/h8-9,14-15,19-23,27-30H,5-7,10-13,16-18H2,1-4H3,(H,37,41)/t20-,21?,22?,23+,27+,28+,29-,30+/m0/s1. The van der Waals surface area contributed by atoms with E-state index in [1.807, 2.05) is 52.0 Å². The molecule has 8 atom stereocenters. The number of carbonyl (C=O) groups excluding carboxylic acids is 3. The van der Waals surface area contributed by atoms with Gasteiger partial charge in [0.2, 0.25) is 11.8 Å². The highest BCUT2D eigenvalue weighted by molar-refractivity contribution is 5.89. The SMILES string of the molecule is C[C@@H]1[C@@H]2CN(C(=O)[C@H](C(C)(C)C)NC(=O)O[C@@H]3CC4CCCC4[C@H]3CCCCCc3nc4ccccc4nc3O2)[C@@H]1C=O. The lowest BCUT2D eigenvalue weighted by molar-refractivity contribution is -0.139. The van der Waals surface area contributed by atoms with Crippen LogP contribution in [0, 0.1) is 29.1 Å². The van der Waals surface area contributed by atoms with E-state index in [9.17, 15) is 14.4 Å². The molecule has 6 rings (SSSR count). The summed E-state index contributed by atoms with van der Waals surface area (Å²) in [6, 6.07) is 6.24. The molecule has 1 aromatic heterocycles. The molecule has 2 saturated carbocycles. The molecular formula is C34H46N4O5. The molecule has 1 aromatic carbocycles. The van der Waals surface area contributed by atoms with E-state index in [-0.39, 0.29) is 24.5 Å². The molecule has 2 aliphatic heterocycles. The highest BCUT2D eigenvalue weighted by atomic mass is 16.6. The summed E-state index contributed by atoms with van der Waals surface area (Å²) >= 11 is 0. The molecule has 2 amide bonds. The fourth-order valence-corrected chi connectivity index (χ4v) is 8.14. The summed E-state index contributed by atoms with van der Waals surface area (Å²) in [7, 11) is 0. The summed E-state index contributed by atoms with van der Waals surface area (Å²) in [4.78, 5) is 51.3. The average molecular weight is 591 g/mol. The Balaban J connectivity index is 1.34. The number of amides is 2. The van der Waals surface area contributed by atoms with Crippen LogP contribution in [0.2, 0.25) is 0 Å². The predicted molar refractivity (Wildman–Crippen MR) is 162 cm³/mol. The van der Waals surface area contributed by atoms with Crippen LogP contribution < -0.4 is 10.1 Å². The summed E-state index contributed by atoms with van der Waals surface area (Å²) in [6.07, 6.45) is 9.09. The first kappa shape index (κ1) is 29.8. The number of hydrogen-bond acceptors (Lipinski definition) is 7. The van der Waals surface area contributed by atoms with E-state index >= 15 is 0 Å². The number of nitrogens with zero attached hydrogens (tertiary/aromatic N) is 3. The summed E-state index contributed by atoms with van der Waals surface area (Å²) < 4.78 is 12.7. The van der Waals surface area contributed by atoms with Crippen molar-refractivity contribution in [2.75, 3.05) is 6.54 Å². The van der Waals surface area contributed by atoms with Crippen LogP contribution in [0.1, 0.15) is 84.8 Å². The normalized spacial score (nSPS) is 33.8. The smallest absolute Gasteiger partial charge is 0.408 e. The van der Waals surface area contributed by atoms with Crippen LogP contribution in [0.15, 0.2) is 24.3 Å². The summed E-state index contributed by atoms with van der Waals surface area (Å²) in [5, 5.41) is 2.94. The van der Waals surface area contributed by atoms with Crippen molar-refractivity contribution in [2.45, 2.75) is 110 Å². The van der Waals surface area contributed by atoms with E-state index in [0.29, 0.717) is 23.6 Å². The Bertz CT molecular complexity index is 1360. The van der Waals surface area contributed by atoms with Gasteiger partial charge in [-0.05, 0) is 67.4 Å². The lowest BCUT2D eigenvalue weighted by atomic mass is 9.85. The van der Waals surface area contributed by atoms with Crippen LogP contribution in [0.4, 0.5) is 4.79 Å². The third-order valence-corrected chi connectivity index (χ3v) is 10.5. The van der Waals surface area contributed by atoms with Crippen molar-refractivity contribution in [1.82, 2.24) is 20.2 Å². The molecule has 2 bridgehead atoms. The minimum Gasteiger partial charge on any atom is -0.471 e. The van der Waals surface area contributed by atoms with Crippen molar-refractivity contribution in [1.29, 1.82) is 0 Å². The Hall–Kier alpha value is -3.23. The van der Waals surface area contributed by atoms with Crippen molar-refractivity contribution in [3.63, 3.8) is 0 Å². The Morgan fingerprint density at radius 3 is 2.42 bits per heavy atom. The highest BCUT2D eigenvalue weighted by Gasteiger charge is 2.49. The number of alkyl carbamates (subject to hydrolysis) is 1. The minimum atomic E-state index is -0.859. The Kier molecular flexibility index (Phi) is 8.35. The second kappa shape index (κ2) is 12.0. The van der Waals surface area contributed by atoms with E-state index in [0.717, 1.165) is 61.5 Å². The zero-order valence-corrected chi connectivity index (χ0v) is 26.0. The maximum absolute atomic E-state index is 14.1. The molecular weight excluding hydrogens is 544 g/mol. The van der Waals surface area contributed by atoms with Crippen LogP contribution in [0.5, 0.6) is 5.88 Å². The molecule has 4 aliphatic rings. The van der Waals surface area contributed by atoms with Gasteiger partial charge in [-0.1, -0.05) is 65.5 Å². The number of rotatable bonds is 1. The third kappa shape index (κ3) is 5.96. The van der Waals surface area contributed by atoms with Crippen molar-refractivity contribution >= 4 is 29.3 Å². The summed E-state index contributed by atoms with van der Waals surface area (Å²) in [5.74, 6) is 1.47. The van der Waals surface area contributed by atoms with Gasteiger partial charge >= 0.3 is 6.09 Å². The second-order valence-electron chi connectivity index (χ2n) is 14.3. The van der Waals surface area contributed by atoms with Crippen molar-refractivity contribution < 1.29 is 23.9 Å². The number of fused-ring (bicyclic) bond motifs is 7. The number of hydrogen-bond donors (Lipinski definition) is 1. The molecule has 232 valence electrons. The molecule has 3 fully saturated rings. The summed E-state index contributed by atoms with van der Waals surface area (Å²) in [6.45, 7) is 7.91. The van der Waals surface area contributed by atoms with Crippen LogP contribution in [0.3, 0.4) is 0 Å². The third-order valence-electron chi connectivity index (χ3n) is 10.5. The van der Waals surface area contributed by atoms with Gasteiger partial charge in [0.1, 0.15) is 30.2 Å². The van der Waals surface area contributed by atoms with E-state index in [1.165, 1.54) is 19.3 Å². The number of aryl methyl sites for hydroxylation is 1. The number of aldehydes is 1. The Labute approximate surface area is 254 Å². The molecule has 1 saturated heterocycles. The molecule has 0 spiro atoms. The van der Waals surface area contributed by atoms with Gasteiger partial charge in [-0.15, -0.1) is 0 Å². The first-order valence-electron chi connectivity index (χ1n) is 16.3. The van der Waals surface area contributed by atoms with E-state index in [2.05, 4.69) is 5.32 Å². The van der Waals surface area contributed by atoms with E-state index in [1.54, 1.807) is 4.90 Å². The number of carbonyl (C=O) groups is 3. The average Bonchev–Trinajstić information content (AvgIpc) is 3.64. The molecule has 2 aliphatic carbocycles. The predicted octanol–water partition coefficient (Wildman–Crippen LogP) is 5.49. The van der Waals surface area contributed by atoms with Gasteiger partial charge in [-0.2, -0.15) is 0 Å². The molecule has 2 unspecified atom stereocenters. The maximum Gasteiger partial charge on any atom is 0.408 e. The lowest BCUT2D eigenvalue weighted by Crippen LogP contribution is -2.56. The molecule has 9 nitrogen and oxygen atoms in total. The highest BCUT2D eigenvalue weighted by Crippen LogP contribution is 2.50. The first-order valence-corrected chi connectivity index (χ1v) is 16.3. The Morgan fingerprint density at radius 1 is 0.930 bits per heavy atom. The topological polar surface area (TPSA) is 111 Å². The Morgan fingerprint density at radius 2 is 1.67 bits per heavy atom. The van der Waals surface area contributed by atoms with Crippen LogP contribution in [-0.4, -0.2) is 64.0 Å². The fraction of sp³-hybridized carbons (Fsp3) is 0.676. The number of benzene rings is 1. The molecule has 2 aromatic rings. The minimum absolute atomic E-state index is 0.129. The quantitative estimate of drug-likeness (QED) is 0.438. The number of aromatic nitrogens is 2. The molecule has 3 heterocycles. The molecule has 0 radical (unpaired) electrons. The number of ether oxygens (including phenoxy) is 2. The van der Waals surface area contributed by atoms with Gasteiger partial charge in [0, 0.05) is 5.92 Å². The maximum atomic E-state index is 14.1. The van der Waals surface area contributed by atoms with Gasteiger partial charge < -0.3 is 24.5 Å². The number of para-hydroxylation sites is 2. The summed E-state index contributed by atoms with van der Waals surface area (Å²) in [5.41, 5.74) is 1.80. The van der Waals surface area contributed by atoms with Gasteiger partial charge in [0.15, 0.2) is 0 Å². The second-order valence-corrected chi connectivity index (χ2v) is 14.3. The first-order chi connectivity index (χ1) is 20.6. The van der Waals surface area contributed by atoms with Crippen LogP contribution in [0.25, 0.3) is 11.0 Å². The van der Waals surface area contributed by atoms with E-state index in [4.69, 9.17) is 19.4 Å². The lowest BCUT2D eigenvalue weighted by Gasteiger charge is -2.35. The van der Waals surface area contributed by atoms with Crippen LogP contribution >= 0.6 is 0 Å². The number of nitrogens with one attached hydrogen (secondary N) is 1. The van der Waals surface area contributed by atoms with Gasteiger partial charge in [0.25, 0.3) is 0 Å². The van der Waals surface area contributed by atoms with Crippen molar-refractivity contribution in [3.05, 3.63) is 30.0 Å². The van der Waals surface area contributed by atoms with Gasteiger partial charge in [-0.25, -0.2) is 14.8 Å². The van der Waals surface area contributed by atoms with Crippen LogP contribution in [-0.2, 0) is 20.7 Å². The molecule has 43 heavy (non-hydrogen) atoms. The van der Waals surface area contributed by atoms with Crippen molar-refractivity contribution in [3.8, 4) is 5.88 Å². The van der Waals surface area contributed by atoms with E-state index < -0.39 is 29.7 Å². The zero-order valence-electron chi connectivity index (χ0n) is 26.0. The molecule has 9 heteroatoms. The van der Waals surface area contributed by atoms with Gasteiger partial charge in [0.05, 0.1) is 23.6 Å². The molecule has 1 N–H and O–H groups in total. The monoisotopic (exact) mass is 590 g/mol.